The van der Waals surface area contributed by atoms with Gasteiger partial charge in [-0.2, -0.15) is 0 Å². The molecule has 0 aromatic heterocycles. The Balaban J connectivity index is 1.46. The van der Waals surface area contributed by atoms with E-state index in [9.17, 15) is 19.2 Å². The van der Waals surface area contributed by atoms with Crippen LogP contribution in [0.25, 0.3) is 0 Å². The Morgan fingerprint density at radius 1 is 1.07 bits per heavy atom. The number of benzene rings is 2. The summed E-state index contributed by atoms with van der Waals surface area (Å²) < 4.78 is 5.20. The lowest BCUT2D eigenvalue weighted by atomic mass is 9.94. The standard InChI is InChI=1S/C33H38N4O5/c1-4-17-36-27-21-37(31(39)28(27)29(34-33(36)41)24-13-11-22(3)12-14-24)26(20-23-9-7-6-8-10-23)30(38)35-18-15-25(16-19-35)32(40)42-5-2/h4,6-14,25-26,29H,1,5,15-21H2,2-3H3,(H,34,41)/t26-,29-/m0/s1. The van der Waals surface area contributed by atoms with Crippen LogP contribution in [0.1, 0.15) is 42.5 Å². The van der Waals surface area contributed by atoms with Crippen molar-refractivity contribution < 1.29 is 23.9 Å². The Labute approximate surface area is 246 Å². The predicted molar refractivity (Wildman–Crippen MR) is 158 cm³/mol. The van der Waals surface area contributed by atoms with Crippen molar-refractivity contribution in [2.75, 3.05) is 32.8 Å². The average Bonchev–Trinajstić information content (AvgIpc) is 3.34. The summed E-state index contributed by atoms with van der Waals surface area (Å²) in [7, 11) is 0. The Bertz CT molecular complexity index is 1380. The Kier molecular flexibility index (Phi) is 8.75. The maximum atomic E-state index is 14.3. The summed E-state index contributed by atoms with van der Waals surface area (Å²) in [4.78, 5) is 59.0. The van der Waals surface area contributed by atoms with Crippen molar-refractivity contribution in [2.45, 2.75) is 45.2 Å². The number of amides is 4. The molecule has 0 saturated carbocycles. The first-order chi connectivity index (χ1) is 20.3. The Morgan fingerprint density at radius 3 is 2.40 bits per heavy atom. The third-order valence-electron chi connectivity index (χ3n) is 8.33. The monoisotopic (exact) mass is 570 g/mol. The molecule has 5 rings (SSSR count). The lowest BCUT2D eigenvalue weighted by Crippen LogP contribution is -2.53. The zero-order chi connectivity index (χ0) is 29.8. The molecule has 1 fully saturated rings. The first kappa shape index (κ1) is 29.1. The number of nitrogens with zero attached hydrogens (tertiary/aromatic N) is 3. The fraction of sp³-hybridized carbons (Fsp3) is 0.394. The maximum absolute atomic E-state index is 14.3. The van der Waals surface area contributed by atoms with Crippen LogP contribution in [-0.4, -0.2) is 77.3 Å². The first-order valence-electron chi connectivity index (χ1n) is 14.6. The fourth-order valence-electron chi connectivity index (χ4n) is 6.07. The van der Waals surface area contributed by atoms with Crippen LogP contribution < -0.4 is 5.32 Å². The van der Waals surface area contributed by atoms with Gasteiger partial charge in [-0.3, -0.25) is 19.3 Å². The second-order valence-electron chi connectivity index (χ2n) is 11.0. The number of hydrogen-bond acceptors (Lipinski definition) is 5. The lowest BCUT2D eigenvalue weighted by molar-refractivity contribution is -0.152. The molecule has 9 nitrogen and oxygen atoms in total. The third-order valence-corrected chi connectivity index (χ3v) is 8.33. The second kappa shape index (κ2) is 12.6. The molecule has 0 aliphatic carbocycles. The van der Waals surface area contributed by atoms with Crippen LogP contribution in [-0.2, 0) is 25.5 Å². The number of esters is 1. The van der Waals surface area contributed by atoms with Gasteiger partial charge < -0.3 is 19.9 Å². The molecule has 2 aromatic rings. The zero-order valence-corrected chi connectivity index (χ0v) is 24.3. The van der Waals surface area contributed by atoms with Crippen molar-refractivity contribution in [1.82, 2.24) is 20.0 Å². The highest BCUT2D eigenvalue weighted by molar-refractivity contribution is 6.03. The minimum absolute atomic E-state index is 0.139. The third kappa shape index (κ3) is 5.82. The van der Waals surface area contributed by atoms with Gasteiger partial charge in [0.2, 0.25) is 5.91 Å². The van der Waals surface area contributed by atoms with E-state index in [2.05, 4.69) is 11.9 Å². The van der Waals surface area contributed by atoms with Gasteiger partial charge in [-0.15, -0.1) is 6.58 Å². The molecule has 0 spiro atoms. The molecule has 3 heterocycles. The van der Waals surface area contributed by atoms with E-state index in [4.69, 9.17) is 4.74 Å². The molecule has 1 N–H and O–H groups in total. The number of ether oxygens (including phenoxy) is 1. The summed E-state index contributed by atoms with van der Waals surface area (Å²) >= 11 is 0. The molecule has 1 saturated heterocycles. The van der Waals surface area contributed by atoms with E-state index in [1.54, 1.807) is 27.7 Å². The molecule has 4 amide bonds. The highest BCUT2D eigenvalue weighted by atomic mass is 16.5. The molecular formula is C33H38N4O5. The van der Waals surface area contributed by atoms with Gasteiger partial charge in [0.25, 0.3) is 5.91 Å². The molecule has 2 atom stereocenters. The second-order valence-corrected chi connectivity index (χ2v) is 11.0. The SMILES string of the molecule is C=CCN1C(=O)N[C@@H](c2ccc(C)cc2)C2=C1CN([C@@H](Cc1ccccc1)C(=O)N1CCC(C(=O)OCC)CC1)C2=O. The molecule has 220 valence electrons. The van der Waals surface area contributed by atoms with Crippen LogP contribution in [0.3, 0.4) is 0 Å². The van der Waals surface area contributed by atoms with Crippen molar-refractivity contribution in [2.24, 2.45) is 5.92 Å². The number of urea groups is 1. The highest BCUT2D eigenvalue weighted by Crippen LogP contribution is 2.38. The summed E-state index contributed by atoms with van der Waals surface area (Å²) in [6, 6.07) is 15.7. The summed E-state index contributed by atoms with van der Waals surface area (Å²) in [6.45, 7) is 9.11. The van der Waals surface area contributed by atoms with Crippen LogP contribution in [0.5, 0.6) is 0 Å². The Hall–Kier alpha value is -4.40. The van der Waals surface area contributed by atoms with Crippen molar-refractivity contribution >= 4 is 23.8 Å². The number of carbonyl (C=O) groups excluding carboxylic acids is 4. The van der Waals surface area contributed by atoms with Crippen LogP contribution in [0, 0.1) is 12.8 Å². The van der Waals surface area contributed by atoms with E-state index in [0.717, 1.165) is 16.7 Å². The van der Waals surface area contributed by atoms with E-state index < -0.39 is 12.1 Å². The lowest BCUT2D eigenvalue weighted by Gasteiger charge is -2.36. The quantitative estimate of drug-likeness (QED) is 0.366. The van der Waals surface area contributed by atoms with Gasteiger partial charge in [-0.25, -0.2) is 4.79 Å². The fourth-order valence-corrected chi connectivity index (χ4v) is 6.07. The summed E-state index contributed by atoms with van der Waals surface area (Å²) in [5.74, 6) is -0.876. The average molecular weight is 571 g/mol. The van der Waals surface area contributed by atoms with Crippen LogP contribution in [0.4, 0.5) is 4.79 Å². The van der Waals surface area contributed by atoms with E-state index in [-0.39, 0.29) is 42.8 Å². The number of hydrogen-bond donors (Lipinski definition) is 1. The van der Waals surface area contributed by atoms with Crippen molar-refractivity contribution in [3.8, 4) is 0 Å². The van der Waals surface area contributed by atoms with Gasteiger partial charge >= 0.3 is 12.0 Å². The molecular weight excluding hydrogens is 532 g/mol. The number of aryl methyl sites for hydroxylation is 1. The van der Waals surface area contributed by atoms with E-state index in [0.29, 0.717) is 50.2 Å². The molecule has 9 heteroatoms. The number of carbonyl (C=O) groups is 4. The number of rotatable bonds is 9. The molecule has 3 aliphatic heterocycles. The summed E-state index contributed by atoms with van der Waals surface area (Å²) in [5, 5.41) is 3.01. The van der Waals surface area contributed by atoms with E-state index >= 15 is 0 Å². The van der Waals surface area contributed by atoms with Crippen LogP contribution in [0.2, 0.25) is 0 Å². The zero-order valence-electron chi connectivity index (χ0n) is 24.3. The molecule has 0 bridgehead atoms. The van der Waals surface area contributed by atoms with E-state index in [1.165, 1.54) is 0 Å². The minimum Gasteiger partial charge on any atom is -0.466 e. The van der Waals surface area contributed by atoms with Gasteiger partial charge in [0.15, 0.2) is 0 Å². The minimum atomic E-state index is -0.774. The maximum Gasteiger partial charge on any atom is 0.322 e. The summed E-state index contributed by atoms with van der Waals surface area (Å²) in [5.41, 5.74) is 3.89. The van der Waals surface area contributed by atoms with Crippen molar-refractivity contribution in [1.29, 1.82) is 0 Å². The molecule has 3 aliphatic rings. The first-order valence-corrected chi connectivity index (χ1v) is 14.6. The normalized spacial score (nSPS) is 19.9. The molecule has 0 unspecified atom stereocenters. The molecule has 2 aromatic carbocycles. The van der Waals surface area contributed by atoms with Crippen LogP contribution >= 0.6 is 0 Å². The predicted octanol–water partition coefficient (Wildman–Crippen LogP) is 3.76. The van der Waals surface area contributed by atoms with Crippen LogP contribution in [0.15, 0.2) is 78.5 Å². The highest BCUT2D eigenvalue weighted by Gasteiger charge is 2.47. The van der Waals surface area contributed by atoms with Crippen molar-refractivity contribution in [3.63, 3.8) is 0 Å². The van der Waals surface area contributed by atoms with Crippen molar-refractivity contribution in [3.05, 3.63) is 95.2 Å². The number of nitrogens with one attached hydrogen (secondary N) is 1. The summed E-state index contributed by atoms with van der Waals surface area (Å²) in [6.07, 6.45) is 3.00. The Morgan fingerprint density at radius 2 is 1.76 bits per heavy atom. The molecule has 42 heavy (non-hydrogen) atoms. The largest absolute Gasteiger partial charge is 0.466 e. The molecule has 0 radical (unpaired) electrons. The van der Waals surface area contributed by atoms with Gasteiger partial charge in [0.05, 0.1) is 36.4 Å². The van der Waals surface area contributed by atoms with Gasteiger partial charge in [0.1, 0.15) is 6.04 Å². The van der Waals surface area contributed by atoms with Gasteiger partial charge in [0, 0.05) is 26.1 Å². The van der Waals surface area contributed by atoms with Gasteiger partial charge in [-0.1, -0.05) is 66.2 Å². The van der Waals surface area contributed by atoms with E-state index in [1.807, 2.05) is 61.5 Å². The number of piperidine rings is 1. The smallest absolute Gasteiger partial charge is 0.322 e. The van der Waals surface area contributed by atoms with Gasteiger partial charge in [-0.05, 0) is 37.8 Å². The number of likely N-dealkylation sites (tertiary alicyclic amines) is 1. The topological polar surface area (TPSA) is 99.3 Å².